The molecule has 1 N–H and O–H groups in total. The van der Waals surface area contributed by atoms with Crippen molar-refractivity contribution in [3.05, 3.63) is 29.3 Å². The summed E-state index contributed by atoms with van der Waals surface area (Å²) in [6, 6.07) is 7.05. The Hall–Kier alpha value is -0.670. The average Bonchev–Trinajstić information content (AvgIpc) is 2.09. The molecular formula is C9H10ClNOS. The number of hydrogen-bond acceptors (Lipinski definition) is 2. The van der Waals surface area contributed by atoms with Crippen molar-refractivity contribution in [2.45, 2.75) is 0 Å². The highest BCUT2D eigenvalue weighted by Gasteiger charge is 1.99. The van der Waals surface area contributed by atoms with Crippen LogP contribution in [-0.2, 0) is 4.79 Å². The van der Waals surface area contributed by atoms with E-state index in [1.165, 1.54) is 11.8 Å². The van der Waals surface area contributed by atoms with Crippen molar-refractivity contribution in [1.29, 1.82) is 0 Å². The fourth-order valence-corrected chi connectivity index (χ4v) is 1.32. The molecule has 0 aliphatic rings. The van der Waals surface area contributed by atoms with Crippen LogP contribution in [0.4, 0.5) is 5.69 Å². The van der Waals surface area contributed by atoms with Crippen LogP contribution in [0.3, 0.4) is 0 Å². The highest BCUT2D eigenvalue weighted by atomic mass is 35.5. The molecule has 0 bridgehead atoms. The summed E-state index contributed by atoms with van der Waals surface area (Å²) in [6.07, 6.45) is 1.89. The molecule has 0 radical (unpaired) electrons. The van der Waals surface area contributed by atoms with Gasteiger partial charge in [0.25, 0.3) is 0 Å². The Bertz CT molecular complexity index is 286. The Balaban J connectivity index is 2.54. The molecule has 0 saturated heterocycles. The number of carbonyl (C=O) groups is 1. The van der Waals surface area contributed by atoms with Crippen LogP contribution < -0.4 is 5.32 Å². The number of nitrogens with one attached hydrogen (secondary N) is 1. The lowest BCUT2D eigenvalue weighted by Gasteiger charge is -2.03. The van der Waals surface area contributed by atoms with Crippen molar-refractivity contribution in [3.8, 4) is 0 Å². The maximum Gasteiger partial charge on any atom is 0.234 e. The van der Waals surface area contributed by atoms with Gasteiger partial charge in [0.1, 0.15) is 0 Å². The van der Waals surface area contributed by atoms with E-state index in [0.717, 1.165) is 5.69 Å². The number of rotatable bonds is 3. The molecule has 0 atom stereocenters. The van der Waals surface area contributed by atoms with E-state index in [9.17, 15) is 4.79 Å². The van der Waals surface area contributed by atoms with Gasteiger partial charge in [-0.15, -0.1) is 0 Å². The predicted molar refractivity (Wildman–Crippen MR) is 58.5 cm³/mol. The molecular weight excluding hydrogens is 206 g/mol. The van der Waals surface area contributed by atoms with Gasteiger partial charge < -0.3 is 5.32 Å². The van der Waals surface area contributed by atoms with Gasteiger partial charge in [-0.05, 0) is 30.5 Å². The van der Waals surface area contributed by atoms with E-state index in [0.29, 0.717) is 10.8 Å². The molecule has 0 fully saturated rings. The maximum absolute atomic E-state index is 11.1. The zero-order chi connectivity index (χ0) is 9.68. The molecule has 2 nitrogen and oxygen atoms in total. The zero-order valence-corrected chi connectivity index (χ0v) is 8.78. The topological polar surface area (TPSA) is 29.1 Å². The van der Waals surface area contributed by atoms with Crippen LogP contribution in [0.2, 0.25) is 5.02 Å². The minimum Gasteiger partial charge on any atom is -0.325 e. The van der Waals surface area contributed by atoms with Crippen LogP contribution >= 0.6 is 23.4 Å². The van der Waals surface area contributed by atoms with Crippen LogP contribution in [0.15, 0.2) is 24.3 Å². The van der Waals surface area contributed by atoms with Crippen molar-refractivity contribution in [2.75, 3.05) is 17.3 Å². The quantitative estimate of drug-likeness (QED) is 0.840. The largest absolute Gasteiger partial charge is 0.325 e. The van der Waals surface area contributed by atoms with Gasteiger partial charge in [0.05, 0.1) is 5.75 Å². The Labute approximate surface area is 86.7 Å². The van der Waals surface area contributed by atoms with Gasteiger partial charge in [-0.3, -0.25) is 4.79 Å². The van der Waals surface area contributed by atoms with Crippen molar-refractivity contribution in [1.82, 2.24) is 0 Å². The van der Waals surface area contributed by atoms with Gasteiger partial charge in [0.2, 0.25) is 5.91 Å². The van der Waals surface area contributed by atoms with E-state index in [2.05, 4.69) is 5.32 Å². The second-order valence-corrected chi connectivity index (χ2v) is 3.79. The minimum absolute atomic E-state index is 0.00909. The SMILES string of the molecule is CSCC(=O)Nc1ccc(Cl)cc1. The Morgan fingerprint density at radius 3 is 2.62 bits per heavy atom. The number of hydrogen-bond donors (Lipinski definition) is 1. The molecule has 0 aliphatic heterocycles. The number of amides is 1. The van der Waals surface area contributed by atoms with Gasteiger partial charge in [0, 0.05) is 10.7 Å². The minimum atomic E-state index is 0.00909. The van der Waals surface area contributed by atoms with Crippen LogP contribution in [0.25, 0.3) is 0 Å². The molecule has 13 heavy (non-hydrogen) atoms. The maximum atomic E-state index is 11.1. The van der Waals surface area contributed by atoms with E-state index < -0.39 is 0 Å². The monoisotopic (exact) mass is 215 g/mol. The van der Waals surface area contributed by atoms with Crippen molar-refractivity contribution in [3.63, 3.8) is 0 Å². The predicted octanol–water partition coefficient (Wildman–Crippen LogP) is 2.64. The fourth-order valence-electron chi connectivity index (χ4n) is 0.861. The van der Waals surface area contributed by atoms with Gasteiger partial charge in [-0.2, -0.15) is 11.8 Å². The highest BCUT2D eigenvalue weighted by Crippen LogP contribution is 2.13. The van der Waals surface area contributed by atoms with Crippen LogP contribution in [0.1, 0.15) is 0 Å². The van der Waals surface area contributed by atoms with Crippen LogP contribution in [0.5, 0.6) is 0 Å². The van der Waals surface area contributed by atoms with E-state index in [4.69, 9.17) is 11.6 Å². The van der Waals surface area contributed by atoms with Gasteiger partial charge in [0.15, 0.2) is 0 Å². The molecule has 0 spiro atoms. The van der Waals surface area contributed by atoms with Crippen molar-refractivity contribution < 1.29 is 4.79 Å². The van der Waals surface area contributed by atoms with E-state index in [-0.39, 0.29) is 5.91 Å². The first-order chi connectivity index (χ1) is 6.22. The standard InChI is InChI=1S/C9H10ClNOS/c1-13-6-9(12)11-8-4-2-7(10)3-5-8/h2-5H,6H2,1H3,(H,11,12). The summed E-state index contributed by atoms with van der Waals surface area (Å²) >= 11 is 7.19. The number of halogens is 1. The van der Waals surface area contributed by atoms with Gasteiger partial charge >= 0.3 is 0 Å². The lowest BCUT2D eigenvalue weighted by molar-refractivity contribution is -0.113. The lowest BCUT2D eigenvalue weighted by Crippen LogP contribution is -2.13. The zero-order valence-electron chi connectivity index (χ0n) is 7.21. The first-order valence-corrected chi connectivity index (χ1v) is 5.54. The summed E-state index contributed by atoms with van der Waals surface area (Å²) in [7, 11) is 0. The number of benzene rings is 1. The smallest absolute Gasteiger partial charge is 0.234 e. The van der Waals surface area contributed by atoms with E-state index >= 15 is 0 Å². The summed E-state index contributed by atoms with van der Waals surface area (Å²) < 4.78 is 0. The molecule has 0 heterocycles. The normalized spacial score (nSPS) is 9.69. The molecule has 0 aromatic heterocycles. The summed E-state index contributed by atoms with van der Waals surface area (Å²) in [4.78, 5) is 11.1. The van der Waals surface area contributed by atoms with Gasteiger partial charge in [-0.25, -0.2) is 0 Å². The molecule has 70 valence electrons. The molecule has 1 rings (SSSR count). The molecule has 0 unspecified atom stereocenters. The molecule has 0 saturated carbocycles. The lowest BCUT2D eigenvalue weighted by atomic mass is 10.3. The molecule has 0 aliphatic carbocycles. The Morgan fingerprint density at radius 1 is 1.46 bits per heavy atom. The van der Waals surface area contributed by atoms with E-state index in [1.54, 1.807) is 24.3 Å². The third-order valence-electron chi connectivity index (χ3n) is 1.40. The summed E-state index contributed by atoms with van der Waals surface area (Å²) in [5.41, 5.74) is 0.781. The summed E-state index contributed by atoms with van der Waals surface area (Å²) in [6.45, 7) is 0. The summed E-state index contributed by atoms with van der Waals surface area (Å²) in [5, 5.41) is 3.42. The third kappa shape index (κ3) is 3.70. The van der Waals surface area contributed by atoms with Crippen LogP contribution in [-0.4, -0.2) is 17.9 Å². The third-order valence-corrected chi connectivity index (χ3v) is 2.21. The molecule has 1 aromatic carbocycles. The Kier molecular flexibility index (Phi) is 4.12. The van der Waals surface area contributed by atoms with Crippen molar-refractivity contribution >= 4 is 35.0 Å². The van der Waals surface area contributed by atoms with Crippen LogP contribution in [0, 0.1) is 0 Å². The van der Waals surface area contributed by atoms with E-state index in [1.807, 2.05) is 6.26 Å². The molecule has 1 amide bonds. The summed E-state index contributed by atoms with van der Waals surface area (Å²) in [5.74, 6) is 0.484. The second-order valence-electron chi connectivity index (χ2n) is 2.49. The number of thioether (sulfide) groups is 1. The molecule has 1 aromatic rings. The average molecular weight is 216 g/mol. The Morgan fingerprint density at radius 2 is 2.08 bits per heavy atom. The number of carbonyl (C=O) groups excluding carboxylic acids is 1. The fraction of sp³-hybridized carbons (Fsp3) is 0.222. The van der Waals surface area contributed by atoms with Gasteiger partial charge in [-0.1, -0.05) is 11.6 Å². The first kappa shape index (κ1) is 10.4. The highest BCUT2D eigenvalue weighted by molar-refractivity contribution is 7.99. The molecule has 4 heteroatoms. The number of anilines is 1. The first-order valence-electron chi connectivity index (χ1n) is 3.76. The second kappa shape index (κ2) is 5.14. The van der Waals surface area contributed by atoms with Crippen molar-refractivity contribution in [2.24, 2.45) is 0 Å².